The van der Waals surface area contributed by atoms with E-state index in [1.165, 1.54) is 0 Å². The minimum atomic E-state index is -3.55. The van der Waals surface area contributed by atoms with E-state index in [2.05, 4.69) is 5.32 Å². The van der Waals surface area contributed by atoms with Crippen LogP contribution in [0.5, 0.6) is 0 Å². The number of hydrogen-bond acceptors (Lipinski definition) is 3. The van der Waals surface area contributed by atoms with E-state index in [1.807, 2.05) is 73.7 Å². The van der Waals surface area contributed by atoms with Crippen molar-refractivity contribution in [1.29, 1.82) is 0 Å². The van der Waals surface area contributed by atoms with E-state index < -0.39 is 21.5 Å². The number of carbonyl (C=O) groups is 1. The molecule has 140 valence electrons. The highest BCUT2D eigenvalue weighted by Gasteiger charge is 2.19. The number of amides is 1. The molecule has 0 saturated carbocycles. The minimum absolute atomic E-state index is 0.121. The van der Waals surface area contributed by atoms with Crippen molar-refractivity contribution in [3.8, 4) is 0 Å². The average Bonchev–Trinajstić information content (AvgIpc) is 2.66. The second-order valence-corrected chi connectivity index (χ2v) is 8.85. The van der Waals surface area contributed by atoms with Crippen molar-refractivity contribution in [2.24, 2.45) is 0 Å². The van der Waals surface area contributed by atoms with Gasteiger partial charge in [0.15, 0.2) is 9.84 Å². The molecular weight excluding hydrogens is 358 g/mol. The monoisotopic (exact) mass is 381 g/mol. The molecule has 0 aliphatic rings. The number of hydrogen-bond donors (Lipinski definition) is 1. The van der Waals surface area contributed by atoms with Crippen LogP contribution in [0.2, 0.25) is 0 Å². The zero-order valence-electron chi connectivity index (χ0n) is 15.3. The Kier molecular flexibility index (Phi) is 5.91. The van der Waals surface area contributed by atoms with Gasteiger partial charge in [0.1, 0.15) is 5.75 Å². The summed E-state index contributed by atoms with van der Waals surface area (Å²) in [6.45, 7) is 2.41. The lowest BCUT2D eigenvalue weighted by Gasteiger charge is -2.13. The lowest BCUT2D eigenvalue weighted by atomic mass is 10.0. The highest BCUT2D eigenvalue weighted by atomic mass is 32.2. The molecule has 0 heterocycles. The molecule has 0 fully saturated rings. The Morgan fingerprint density at radius 1 is 0.926 bits per heavy atom. The molecular formula is C22H23NO3S. The second kappa shape index (κ2) is 8.35. The topological polar surface area (TPSA) is 63.2 Å². The summed E-state index contributed by atoms with van der Waals surface area (Å²) in [4.78, 5) is 12.2. The number of rotatable bonds is 7. The van der Waals surface area contributed by atoms with E-state index in [0.717, 1.165) is 21.9 Å². The van der Waals surface area contributed by atoms with Crippen molar-refractivity contribution in [2.75, 3.05) is 12.3 Å². The van der Waals surface area contributed by atoms with Crippen LogP contribution in [-0.4, -0.2) is 26.6 Å². The highest BCUT2D eigenvalue weighted by Crippen LogP contribution is 2.20. The summed E-state index contributed by atoms with van der Waals surface area (Å²) in [6, 6.07) is 23.1. The van der Waals surface area contributed by atoms with Crippen LogP contribution in [0.3, 0.4) is 0 Å². The lowest BCUT2D eigenvalue weighted by molar-refractivity contribution is -0.118. The summed E-state index contributed by atoms with van der Waals surface area (Å²) in [6.07, 6.45) is 0. The molecule has 27 heavy (non-hydrogen) atoms. The minimum Gasteiger partial charge on any atom is -0.355 e. The van der Waals surface area contributed by atoms with Gasteiger partial charge in [-0.25, -0.2) is 8.42 Å². The molecule has 0 spiro atoms. The first-order chi connectivity index (χ1) is 12.9. The third-order valence-electron chi connectivity index (χ3n) is 4.58. The fraction of sp³-hybridized carbons (Fsp3) is 0.227. The van der Waals surface area contributed by atoms with Crippen LogP contribution in [0.25, 0.3) is 10.8 Å². The van der Waals surface area contributed by atoms with Crippen molar-refractivity contribution in [2.45, 2.75) is 18.6 Å². The average molecular weight is 381 g/mol. The standard InChI is InChI=1S/C22H23NO3S/c1-17(18-8-3-2-4-9-18)14-23-22(24)16-27(25,26)15-20-12-7-11-19-10-5-6-13-21(19)20/h2-13,17H,14-16H2,1H3,(H,23,24)/t17-/m0/s1. The number of nitrogens with one attached hydrogen (secondary N) is 1. The van der Waals surface area contributed by atoms with Gasteiger partial charge in [-0.15, -0.1) is 0 Å². The fourth-order valence-electron chi connectivity index (χ4n) is 3.12. The first-order valence-electron chi connectivity index (χ1n) is 8.93. The molecule has 3 aromatic rings. The molecule has 0 aromatic heterocycles. The molecule has 0 radical (unpaired) electrons. The molecule has 0 bridgehead atoms. The van der Waals surface area contributed by atoms with E-state index in [9.17, 15) is 13.2 Å². The summed E-state index contributed by atoms with van der Waals surface area (Å²) in [5.41, 5.74) is 1.83. The van der Waals surface area contributed by atoms with E-state index in [0.29, 0.717) is 6.54 Å². The van der Waals surface area contributed by atoms with Crippen molar-refractivity contribution in [3.63, 3.8) is 0 Å². The van der Waals surface area contributed by atoms with E-state index in [-0.39, 0.29) is 11.7 Å². The molecule has 0 unspecified atom stereocenters. The Hall–Kier alpha value is -2.66. The van der Waals surface area contributed by atoms with Gasteiger partial charge >= 0.3 is 0 Å². The van der Waals surface area contributed by atoms with Crippen LogP contribution < -0.4 is 5.32 Å². The third-order valence-corrected chi connectivity index (χ3v) is 6.03. The van der Waals surface area contributed by atoms with Crippen molar-refractivity contribution in [3.05, 3.63) is 83.9 Å². The molecule has 1 N–H and O–H groups in total. The predicted molar refractivity (Wildman–Crippen MR) is 109 cm³/mol. The van der Waals surface area contributed by atoms with E-state index >= 15 is 0 Å². The van der Waals surface area contributed by atoms with Gasteiger partial charge in [-0.05, 0) is 27.8 Å². The van der Waals surface area contributed by atoms with Crippen LogP contribution in [0, 0.1) is 0 Å². The van der Waals surface area contributed by atoms with Crippen LogP contribution in [0.4, 0.5) is 0 Å². The van der Waals surface area contributed by atoms with Gasteiger partial charge in [0, 0.05) is 6.54 Å². The molecule has 4 nitrogen and oxygen atoms in total. The Morgan fingerprint density at radius 2 is 1.59 bits per heavy atom. The Morgan fingerprint density at radius 3 is 2.37 bits per heavy atom. The van der Waals surface area contributed by atoms with Gasteiger partial charge in [0.05, 0.1) is 5.75 Å². The van der Waals surface area contributed by atoms with E-state index in [1.54, 1.807) is 6.07 Å². The van der Waals surface area contributed by atoms with E-state index in [4.69, 9.17) is 0 Å². The molecule has 3 aromatic carbocycles. The fourth-order valence-corrected chi connectivity index (χ4v) is 4.45. The summed E-state index contributed by atoms with van der Waals surface area (Å²) in [7, 11) is -3.55. The van der Waals surface area contributed by atoms with Gasteiger partial charge in [0.25, 0.3) is 0 Å². The molecule has 1 atom stereocenters. The first kappa shape index (κ1) is 19.1. The van der Waals surface area contributed by atoms with Gasteiger partial charge in [-0.1, -0.05) is 79.7 Å². The SMILES string of the molecule is C[C@@H](CNC(=O)CS(=O)(=O)Cc1cccc2ccccc12)c1ccccc1. The normalized spacial score (nSPS) is 12.6. The molecule has 0 aliphatic carbocycles. The van der Waals surface area contributed by atoms with Crippen molar-refractivity contribution >= 4 is 26.5 Å². The lowest BCUT2D eigenvalue weighted by Crippen LogP contribution is -2.33. The zero-order chi connectivity index (χ0) is 19.3. The van der Waals surface area contributed by atoms with Gasteiger partial charge < -0.3 is 5.32 Å². The van der Waals surface area contributed by atoms with Crippen LogP contribution in [0.1, 0.15) is 24.0 Å². The number of carbonyl (C=O) groups excluding carboxylic acids is 1. The highest BCUT2D eigenvalue weighted by molar-refractivity contribution is 7.91. The maximum Gasteiger partial charge on any atom is 0.235 e. The zero-order valence-corrected chi connectivity index (χ0v) is 16.1. The van der Waals surface area contributed by atoms with Crippen LogP contribution in [0.15, 0.2) is 72.8 Å². The van der Waals surface area contributed by atoms with Gasteiger partial charge in [-0.2, -0.15) is 0 Å². The predicted octanol–water partition coefficient (Wildman–Crippen LogP) is 3.67. The number of benzene rings is 3. The number of fused-ring (bicyclic) bond motifs is 1. The van der Waals surface area contributed by atoms with Crippen LogP contribution >= 0.6 is 0 Å². The Balaban J connectivity index is 1.61. The third kappa shape index (κ3) is 5.17. The summed E-state index contributed by atoms with van der Waals surface area (Å²) in [5.74, 6) is -0.984. The number of sulfone groups is 1. The molecule has 5 heteroatoms. The first-order valence-corrected chi connectivity index (χ1v) is 10.8. The summed E-state index contributed by atoms with van der Waals surface area (Å²) < 4.78 is 25.0. The maximum absolute atomic E-state index is 12.5. The molecule has 0 aliphatic heterocycles. The largest absolute Gasteiger partial charge is 0.355 e. The Labute approximate surface area is 160 Å². The quantitative estimate of drug-likeness (QED) is 0.679. The molecule has 0 saturated heterocycles. The van der Waals surface area contributed by atoms with Crippen molar-refractivity contribution in [1.82, 2.24) is 5.32 Å². The summed E-state index contributed by atoms with van der Waals surface area (Å²) in [5, 5.41) is 4.64. The second-order valence-electron chi connectivity index (χ2n) is 6.79. The smallest absolute Gasteiger partial charge is 0.235 e. The maximum atomic E-state index is 12.5. The molecule has 1 amide bonds. The summed E-state index contributed by atoms with van der Waals surface area (Å²) >= 11 is 0. The van der Waals surface area contributed by atoms with Gasteiger partial charge in [0.2, 0.25) is 5.91 Å². The van der Waals surface area contributed by atoms with Crippen LogP contribution in [-0.2, 0) is 20.4 Å². The van der Waals surface area contributed by atoms with Crippen molar-refractivity contribution < 1.29 is 13.2 Å². The van der Waals surface area contributed by atoms with Gasteiger partial charge in [-0.3, -0.25) is 4.79 Å². The Bertz CT molecular complexity index is 1020. The molecule has 3 rings (SSSR count).